The molecule has 0 atom stereocenters. The van der Waals surface area contributed by atoms with Crippen molar-refractivity contribution >= 4 is 5.69 Å². The lowest BCUT2D eigenvalue weighted by atomic mass is 10.2. The zero-order valence-electron chi connectivity index (χ0n) is 10.4. The Bertz CT molecular complexity index is 537. The molecular weight excluding hydrogens is 233 g/mol. The quantitative estimate of drug-likeness (QED) is 0.876. The minimum Gasteiger partial charge on any atom is -0.505 e. The monoisotopic (exact) mass is 249 g/mol. The molecule has 0 bridgehead atoms. The molecule has 18 heavy (non-hydrogen) atoms. The van der Waals surface area contributed by atoms with E-state index in [1.807, 2.05) is 24.7 Å². The maximum Gasteiger partial charge on any atom is 0.165 e. The largest absolute Gasteiger partial charge is 0.505 e. The van der Waals surface area contributed by atoms with Gasteiger partial charge in [-0.15, -0.1) is 0 Å². The van der Waals surface area contributed by atoms with Crippen molar-refractivity contribution in [2.24, 2.45) is 0 Å². The number of benzene rings is 1. The molecule has 5 heteroatoms. The van der Waals surface area contributed by atoms with Gasteiger partial charge in [0.25, 0.3) is 0 Å². The molecule has 0 saturated carbocycles. The van der Waals surface area contributed by atoms with Crippen molar-refractivity contribution in [3.8, 4) is 5.75 Å². The smallest absolute Gasteiger partial charge is 0.165 e. The average molecular weight is 249 g/mol. The molecule has 1 aromatic carbocycles. The molecule has 2 aromatic rings. The highest BCUT2D eigenvalue weighted by Crippen LogP contribution is 2.17. The summed E-state index contributed by atoms with van der Waals surface area (Å²) in [5.74, 6) is -0.932. The third-order valence-electron chi connectivity index (χ3n) is 2.64. The predicted molar refractivity (Wildman–Crippen MR) is 68.0 cm³/mol. The van der Waals surface area contributed by atoms with Gasteiger partial charge in [-0.3, -0.25) is 4.68 Å². The van der Waals surface area contributed by atoms with E-state index in [0.29, 0.717) is 12.6 Å². The third-order valence-corrected chi connectivity index (χ3v) is 2.64. The van der Waals surface area contributed by atoms with Gasteiger partial charge >= 0.3 is 0 Å². The summed E-state index contributed by atoms with van der Waals surface area (Å²) >= 11 is 0. The highest BCUT2D eigenvalue weighted by Gasteiger charge is 2.03. The Morgan fingerprint density at radius 3 is 2.83 bits per heavy atom. The van der Waals surface area contributed by atoms with Crippen LogP contribution in [0.1, 0.15) is 25.5 Å². The van der Waals surface area contributed by atoms with Crippen LogP contribution in [0.3, 0.4) is 0 Å². The van der Waals surface area contributed by atoms with Gasteiger partial charge in [0, 0.05) is 18.8 Å². The van der Waals surface area contributed by atoms with E-state index < -0.39 is 5.82 Å². The highest BCUT2D eigenvalue weighted by atomic mass is 19.1. The number of phenols is 1. The topological polar surface area (TPSA) is 50.1 Å². The molecule has 0 aliphatic heterocycles. The molecule has 0 radical (unpaired) electrons. The number of phenolic OH excluding ortho intramolecular Hbond substituents is 1. The second-order valence-corrected chi connectivity index (χ2v) is 4.44. The van der Waals surface area contributed by atoms with Crippen LogP contribution < -0.4 is 5.32 Å². The van der Waals surface area contributed by atoms with Crippen molar-refractivity contribution in [3.63, 3.8) is 0 Å². The first-order chi connectivity index (χ1) is 8.56. The van der Waals surface area contributed by atoms with Gasteiger partial charge in [0.05, 0.1) is 11.9 Å². The molecule has 0 aliphatic carbocycles. The van der Waals surface area contributed by atoms with Crippen LogP contribution in [0.2, 0.25) is 0 Å². The third kappa shape index (κ3) is 2.80. The number of hydrogen-bond donors (Lipinski definition) is 2. The lowest BCUT2D eigenvalue weighted by molar-refractivity contribution is 0.432. The molecular formula is C13H16FN3O. The van der Waals surface area contributed by atoms with E-state index in [-0.39, 0.29) is 5.75 Å². The van der Waals surface area contributed by atoms with Crippen molar-refractivity contribution in [3.05, 3.63) is 42.0 Å². The summed E-state index contributed by atoms with van der Waals surface area (Å²) in [7, 11) is 0. The molecule has 0 saturated heterocycles. The Morgan fingerprint density at radius 1 is 1.44 bits per heavy atom. The molecule has 2 N–H and O–H groups in total. The molecule has 2 rings (SSSR count). The fourth-order valence-corrected chi connectivity index (χ4v) is 1.58. The van der Waals surface area contributed by atoms with E-state index in [9.17, 15) is 4.39 Å². The van der Waals surface area contributed by atoms with Crippen LogP contribution in [0.25, 0.3) is 0 Å². The predicted octanol–water partition coefficient (Wildman–Crippen LogP) is 2.92. The molecule has 1 aromatic heterocycles. The second-order valence-electron chi connectivity index (χ2n) is 4.44. The summed E-state index contributed by atoms with van der Waals surface area (Å²) in [6, 6.07) is 4.66. The second kappa shape index (κ2) is 5.08. The van der Waals surface area contributed by atoms with Crippen LogP contribution in [0.5, 0.6) is 5.75 Å². The summed E-state index contributed by atoms with van der Waals surface area (Å²) in [6.07, 6.45) is 3.64. The Balaban J connectivity index is 2.00. The summed E-state index contributed by atoms with van der Waals surface area (Å²) in [6.45, 7) is 4.58. The lowest BCUT2D eigenvalue weighted by Gasteiger charge is -2.05. The fraction of sp³-hybridized carbons (Fsp3) is 0.308. The average Bonchev–Trinajstić information content (AvgIpc) is 2.79. The Kier molecular flexibility index (Phi) is 3.50. The van der Waals surface area contributed by atoms with Gasteiger partial charge < -0.3 is 10.4 Å². The Hall–Kier alpha value is -2.04. The number of halogens is 1. The zero-order valence-corrected chi connectivity index (χ0v) is 10.4. The minimum absolute atomic E-state index is 0.312. The van der Waals surface area contributed by atoms with Crippen molar-refractivity contribution in [1.29, 1.82) is 0 Å². The van der Waals surface area contributed by atoms with Crippen LogP contribution in [0, 0.1) is 5.82 Å². The van der Waals surface area contributed by atoms with Crippen LogP contribution in [0.4, 0.5) is 10.1 Å². The van der Waals surface area contributed by atoms with Crippen molar-refractivity contribution in [2.45, 2.75) is 26.4 Å². The van der Waals surface area contributed by atoms with Crippen molar-refractivity contribution in [1.82, 2.24) is 9.78 Å². The van der Waals surface area contributed by atoms with Gasteiger partial charge in [0.15, 0.2) is 11.6 Å². The van der Waals surface area contributed by atoms with Gasteiger partial charge in [-0.1, -0.05) is 6.07 Å². The van der Waals surface area contributed by atoms with Gasteiger partial charge in [-0.25, -0.2) is 4.39 Å². The van der Waals surface area contributed by atoms with Crippen molar-refractivity contribution < 1.29 is 9.50 Å². The summed E-state index contributed by atoms with van der Waals surface area (Å²) in [4.78, 5) is 0. The van der Waals surface area contributed by atoms with Crippen LogP contribution in [-0.2, 0) is 6.54 Å². The minimum atomic E-state index is -0.604. The Morgan fingerprint density at radius 2 is 2.22 bits per heavy atom. The first-order valence-corrected chi connectivity index (χ1v) is 5.81. The standard InChI is InChI=1S/C13H16FN3O/c1-9(2)17-8-11(7-16-17)15-6-10-3-4-13(18)12(14)5-10/h3-5,7-9,15,18H,6H2,1-2H3. The van der Waals surface area contributed by atoms with Gasteiger partial charge in [0.2, 0.25) is 0 Å². The summed E-state index contributed by atoms with van der Waals surface area (Å²) in [5.41, 5.74) is 1.65. The van der Waals surface area contributed by atoms with E-state index >= 15 is 0 Å². The molecule has 0 unspecified atom stereocenters. The maximum atomic E-state index is 13.1. The molecule has 4 nitrogen and oxygen atoms in total. The number of aromatic hydroxyl groups is 1. The molecule has 96 valence electrons. The number of rotatable bonds is 4. The van der Waals surface area contributed by atoms with Gasteiger partial charge in [0.1, 0.15) is 0 Å². The van der Waals surface area contributed by atoms with Crippen LogP contribution >= 0.6 is 0 Å². The number of nitrogens with zero attached hydrogens (tertiary/aromatic N) is 2. The normalized spacial score (nSPS) is 10.9. The van der Waals surface area contributed by atoms with Crippen LogP contribution in [0.15, 0.2) is 30.6 Å². The number of hydrogen-bond acceptors (Lipinski definition) is 3. The SMILES string of the molecule is CC(C)n1cc(NCc2ccc(O)c(F)c2)cn1. The molecule has 0 fully saturated rings. The van der Waals surface area contributed by atoms with E-state index in [2.05, 4.69) is 10.4 Å². The molecule has 0 amide bonds. The van der Waals surface area contributed by atoms with Gasteiger partial charge in [-0.2, -0.15) is 5.10 Å². The molecule has 1 heterocycles. The van der Waals surface area contributed by atoms with E-state index in [4.69, 9.17) is 5.11 Å². The van der Waals surface area contributed by atoms with Crippen LogP contribution in [-0.4, -0.2) is 14.9 Å². The van der Waals surface area contributed by atoms with Gasteiger partial charge in [-0.05, 0) is 31.5 Å². The van der Waals surface area contributed by atoms with Crippen molar-refractivity contribution in [2.75, 3.05) is 5.32 Å². The number of nitrogens with one attached hydrogen (secondary N) is 1. The van der Waals surface area contributed by atoms with E-state index in [0.717, 1.165) is 11.3 Å². The highest BCUT2D eigenvalue weighted by molar-refractivity contribution is 5.40. The molecule has 0 spiro atoms. The first kappa shape index (κ1) is 12.4. The fourth-order valence-electron chi connectivity index (χ4n) is 1.58. The Labute approximate surface area is 105 Å². The lowest BCUT2D eigenvalue weighted by Crippen LogP contribution is -2.01. The molecule has 0 aliphatic rings. The summed E-state index contributed by atoms with van der Waals surface area (Å²) in [5, 5.41) is 16.4. The first-order valence-electron chi connectivity index (χ1n) is 5.81. The van der Waals surface area contributed by atoms with E-state index in [1.54, 1.807) is 12.3 Å². The number of aromatic nitrogens is 2. The maximum absolute atomic E-state index is 13.1. The zero-order chi connectivity index (χ0) is 13.1. The summed E-state index contributed by atoms with van der Waals surface area (Å²) < 4.78 is 15.0. The van der Waals surface area contributed by atoms with E-state index in [1.165, 1.54) is 12.1 Å². The number of anilines is 1.